The number of benzene rings is 1. The van der Waals surface area contributed by atoms with E-state index >= 15 is 0 Å². The molecule has 0 bridgehead atoms. The molecule has 1 fully saturated rings. The van der Waals surface area contributed by atoms with Gasteiger partial charge >= 0.3 is 6.18 Å². The van der Waals surface area contributed by atoms with E-state index < -0.39 is 17.8 Å². The van der Waals surface area contributed by atoms with Crippen LogP contribution in [0.1, 0.15) is 30.9 Å². The third kappa shape index (κ3) is 3.52. The zero-order valence-electron chi connectivity index (χ0n) is 11.4. The number of alkyl halides is 3. The van der Waals surface area contributed by atoms with Crippen LogP contribution in [0.15, 0.2) is 24.3 Å². The molecule has 1 heterocycles. The minimum absolute atomic E-state index is 0.0550. The number of aliphatic hydroxyl groups excluding tert-OH is 1. The maximum absolute atomic E-state index is 12.5. The Bertz CT molecular complexity index is 428. The normalized spacial score (nSPS) is 24.9. The lowest BCUT2D eigenvalue weighted by atomic mass is 9.89. The zero-order valence-corrected chi connectivity index (χ0v) is 11.4. The van der Waals surface area contributed by atoms with Gasteiger partial charge in [0.25, 0.3) is 0 Å². The highest BCUT2D eigenvalue weighted by atomic mass is 19.4. The predicted molar refractivity (Wildman–Crippen MR) is 69.3 cm³/mol. The van der Waals surface area contributed by atoms with Gasteiger partial charge in [0.15, 0.2) is 0 Å². The fourth-order valence-electron chi connectivity index (χ4n) is 2.75. The van der Waals surface area contributed by atoms with Crippen molar-refractivity contribution < 1.29 is 23.0 Å². The molecule has 1 aromatic carbocycles. The van der Waals surface area contributed by atoms with Gasteiger partial charge in [-0.1, -0.05) is 19.1 Å². The summed E-state index contributed by atoms with van der Waals surface area (Å²) in [5, 5.41) is 10.2. The lowest BCUT2D eigenvalue weighted by molar-refractivity contribution is -0.137. The van der Waals surface area contributed by atoms with E-state index in [1.807, 2.05) is 6.92 Å². The fraction of sp³-hybridized carbons (Fsp3) is 0.600. The van der Waals surface area contributed by atoms with Crippen LogP contribution in [0.4, 0.5) is 13.2 Å². The minimum atomic E-state index is -4.32. The van der Waals surface area contributed by atoms with Crippen LogP contribution in [-0.2, 0) is 17.3 Å². The SMILES string of the molecule is CCC1OCCC1C(O)Cc1ccc(C(F)(F)F)cc1. The summed E-state index contributed by atoms with van der Waals surface area (Å²) < 4.78 is 42.9. The third-order valence-corrected chi connectivity index (χ3v) is 3.88. The molecule has 0 amide bonds. The van der Waals surface area contributed by atoms with E-state index in [-0.39, 0.29) is 12.0 Å². The Balaban J connectivity index is 1.99. The van der Waals surface area contributed by atoms with E-state index in [2.05, 4.69) is 0 Å². The molecule has 2 nitrogen and oxygen atoms in total. The first-order valence-electron chi connectivity index (χ1n) is 6.87. The minimum Gasteiger partial charge on any atom is -0.392 e. The van der Waals surface area contributed by atoms with Crippen LogP contribution in [0.2, 0.25) is 0 Å². The number of aliphatic hydroxyl groups is 1. The van der Waals surface area contributed by atoms with Gasteiger partial charge in [0.2, 0.25) is 0 Å². The maximum atomic E-state index is 12.5. The number of ether oxygens (including phenoxy) is 1. The molecule has 5 heteroatoms. The van der Waals surface area contributed by atoms with Gasteiger partial charge < -0.3 is 9.84 Å². The van der Waals surface area contributed by atoms with E-state index in [0.29, 0.717) is 18.6 Å². The summed E-state index contributed by atoms with van der Waals surface area (Å²) >= 11 is 0. The van der Waals surface area contributed by atoms with Gasteiger partial charge in [0.1, 0.15) is 0 Å². The second-order valence-corrected chi connectivity index (χ2v) is 5.24. The van der Waals surface area contributed by atoms with Crippen molar-refractivity contribution in [2.45, 2.75) is 44.6 Å². The number of halogens is 3. The molecule has 112 valence electrons. The Morgan fingerprint density at radius 3 is 2.50 bits per heavy atom. The average molecular weight is 288 g/mol. The van der Waals surface area contributed by atoms with Crippen molar-refractivity contribution in [2.75, 3.05) is 6.61 Å². The molecular weight excluding hydrogens is 269 g/mol. The molecule has 0 radical (unpaired) electrons. The van der Waals surface area contributed by atoms with Crippen LogP contribution in [0.3, 0.4) is 0 Å². The molecular formula is C15H19F3O2. The van der Waals surface area contributed by atoms with Crippen LogP contribution < -0.4 is 0 Å². The van der Waals surface area contributed by atoms with E-state index in [1.165, 1.54) is 12.1 Å². The molecule has 0 aromatic heterocycles. The highest BCUT2D eigenvalue weighted by Gasteiger charge is 2.33. The Hall–Kier alpha value is -1.07. The standard InChI is InChI=1S/C15H19F3O2/c1-2-14-12(7-8-20-14)13(19)9-10-3-5-11(6-4-10)15(16,17)18/h3-6,12-14,19H,2,7-9H2,1H3. The summed E-state index contributed by atoms with van der Waals surface area (Å²) in [7, 11) is 0. The van der Waals surface area contributed by atoms with Crippen molar-refractivity contribution in [3.63, 3.8) is 0 Å². The first-order valence-corrected chi connectivity index (χ1v) is 6.87. The summed E-state index contributed by atoms with van der Waals surface area (Å²) in [4.78, 5) is 0. The fourth-order valence-corrected chi connectivity index (χ4v) is 2.75. The lowest BCUT2D eigenvalue weighted by Crippen LogP contribution is -2.29. The monoisotopic (exact) mass is 288 g/mol. The van der Waals surface area contributed by atoms with Crippen molar-refractivity contribution in [3.05, 3.63) is 35.4 Å². The van der Waals surface area contributed by atoms with Crippen LogP contribution in [0.25, 0.3) is 0 Å². The van der Waals surface area contributed by atoms with Crippen molar-refractivity contribution in [1.29, 1.82) is 0 Å². The number of rotatable bonds is 4. The van der Waals surface area contributed by atoms with Gasteiger partial charge in [-0.3, -0.25) is 0 Å². The molecule has 1 N–H and O–H groups in total. The molecule has 0 aliphatic carbocycles. The summed E-state index contributed by atoms with van der Waals surface area (Å²) in [6, 6.07) is 4.99. The quantitative estimate of drug-likeness (QED) is 0.920. The summed E-state index contributed by atoms with van der Waals surface area (Å²) in [5.74, 6) is 0.0716. The van der Waals surface area contributed by atoms with E-state index in [1.54, 1.807) is 0 Å². The first kappa shape index (κ1) is 15.3. The number of hydrogen-bond acceptors (Lipinski definition) is 2. The van der Waals surface area contributed by atoms with E-state index in [0.717, 1.165) is 25.0 Å². The van der Waals surface area contributed by atoms with E-state index in [4.69, 9.17) is 4.74 Å². The first-order chi connectivity index (χ1) is 9.41. The molecule has 3 unspecified atom stereocenters. The molecule has 1 aliphatic heterocycles. The number of hydrogen-bond donors (Lipinski definition) is 1. The Morgan fingerprint density at radius 2 is 1.95 bits per heavy atom. The summed E-state index contributed by atoms with van der Waals surface area (Å²) in [6.07, 6.45) is -2.82. The van der Waals surface area contributed by atoms with Crippen molar-refractivity contribution in [2.24, 2.45) is 5.92 Å². The topological polar surface area (TPSA) is 29.5 Å². The van der Waals surface area contributed by atoms with E-state index in [9.17, 15) is 18.3 Å². The highest BCUT2D eigenvalue weighted by molar-refractivity contribution is 5.25. The second kappa shape index (κ2) is 6.14. The van der Waals surface area contributed by atoms with Gasteiger partial charge in [-0.2, -0.15) is 13.2 Å². The predicted octanol–water partition coefficient (Wildman–Crippen LogP) is 3.42. The molecule has 3 atom stereocenters. The molecule has 2 rings (SSSR count). The van der Waals surface area contributed by atoms with Gasteiger partial charge in [0.05, 0.1) is 17.8 Å². The molecule has 0 saturated carbocycles. The summed E-state index contributed by atoms with van der Waals surface area (Å²) in [6.45, 7) is 2.65. The summed E-state index contributed by atoms with van der Waals surface area (Å²) in [5.41, 5.74) is 0.0543. The Morgan fingerprint density at radius 1 is 1.30 bits per heavy atom. The smallest absolute Gasteiger partial charge is 0.392 e. The molecule has 0 spiro atoms. The van der Waals surface area contributed by atoms with Gasteiger partial charge in [-0.05, 0) is 37.0 Å². The second-order valence-electron chi connectivity index (χ2n) is 5.24. The van der Waals surface area contributed by atoms with Gasteiger partial charge in [0, 0.05) is 12.5 Å². The molecule has 1 aliphatic rings. The van der Waals surface area contributed by atoms with Crippen molar-refractivity contribution in [3.8, 4) is 0 Å². The molecule has 20 heavy (non-hydrogen) atoms. The van der Waals surface area contributed by atoms with Gasteiger partial charge in [-0.15, -0.1) is 0 Å². The van der Waals surface area contributed by atoms with Crippen LogP contribution in [-0.4, -0.2) is 23.9 Å². The molecule has 1 aromatic rings. The third-order valence-electron chi connectivity index (χ3n) is 3.88. The van der Waals surface area contributed by atoms with Crippen LogP contribution in [0.5, 0.6) is 0 Å². The Labute approximate surface area is 116 Å². The lowest BCUT2D eigenvalue weighted by Gasteiger charge is -2.22. The van der Waals surface area contributed by atoms with Gasteiger partial charge in [-0.25, -0.2) is 0 Å². The largest absolute Gasteiger partial charge is 0.416 e. The Kier molecular flexibility index (Phi) is 4.70. The van der Waals surface area contributed by atoms with Crippen LogP contribution in [0, 0.1) is 5.92 Å². The average Bonchev–Trinajstić information content (AvgIpc) is 2.86. The highest BCUT2D eigenvalue weighted by Crippen LogP contribution is 2.31. The molecule has 1 saturated heterocycles. The van der Waals surface area contributed by atoms with Crippen LogP contribution >= 0.6 is 0 Å². The maximum Gasteiger partial charge on any atom is 0.416 e. The van der Waals surface area contributed by atoms with Crippen molar-refractivity contribution in [1.82, 2.24) is 0 Å². The zero-order chi connectivity index (χ0) is 14.8. The van der Waals surface area contributed by atoms with Crippen molar-refractivity contribution >= 4 is 0 Å².